The molecular formula is C23H22N4O2. The molecule has 6 rings (SSSR count). The highest BCUT2D eigenvalue weighted by atomic mass is 16.5. The summed E-state index contributed by atoms with van der Waals surface area (Å²) < 4.78 is 11.4. The molecule has 6 nitrogen and oxygen atoms in total. The number of aromatic amines is 1. The van der Waals surface area contributed by atoms with Crippen LogP contribution in [0.2, 0.25) is 0 Å². The van der Waals surface area contributed by atoms with Crippen molar-refractivity contribution in [3.8, 4) is 11.5 Å². The molecule has 0 saturated carbocycles. The average Bonchev–Trinajstić information content (AvgIpc) is 3.32. The molecule has 0 aliphatic carbocycles. The first-order valence-electron chi connectivity index (χ1n) is 10.0. The summed E-state index contributed by atoms with van der Waals surface area (Å²) >= 11 is 0. The number of nitrogens with zero attached hydrogens (tertiary/aromatic N) is 3. The molecule has 2 fully saturated rings. The Balaban J connectivity index is 1.14. The van der Waals surface area contributed by atoms with E-state index in [1.807, 2.05) is 36.5 Å². The smallest absolute Gasteiger partial charge is 0.129 e. The van der Waals surface area contributed by atoms with Crippen LogP contribution in [0, 0.1) is 5.41 Å². The van der Waals surface area contributed by atoms with Crippen LogP contribution < -0.4 is 4.74 Å². The number of hydrogen-bond donors (Lipinski definition) is 1. The molecule has 2 aromatic carbocycles. The summed E-state index contributed by atoms with van der Waals surface area (Å²) in [5.41, 5.74) is 4.83. The maximum atomic E-state index is 6.05. The van der Waals surface area contributed by atoms with E-state index in [-0.39, 0.29) is 0 Å². The quantitative estimate of drug-likeness (QED) is 0.727. The fourth-order valence-electron chi connectivity index (χ4n) is 4.39. The van der Waals surface area contributed by atoms with E-state index in [9.17, 15) is 0 Å². The third kappa shape index (κ3) is 3.14. The summed E-state index contributed by atoms with van der Waals surface area (Å²) in [6.45, 7) is 5.65. The van der Waals surface area contributed by atoms with Gasteiger partial charge >= 0.3 is 0 Å². The molecule has 3 aliphatic rings. The summed E-state index contributed by atoms with van der Waals surface area (Å²) in [7, 11) is 0. The summed E-state index contributed by atoms with van der Waals surface area (Å²) in [4.78, 5) is 14.8. The van der Waals surface area contributed by atoms with Gasteiger partial charge in [0, 0.05) is 30.8 Å². The first-order valence-corrected chi connectivity index (χ1v) is 10.0. The van der Waals surface area contributed by atoms with Gasteiger partial charge in [-0.3, -0.25) is 9.89 Å². The predicted octanol–water partition coefficient (Wildman–Crippen LogP) is 3.66. The fraction of sp³-hybridized carbons (Fsp3) is 0.304. The Morgan fingerprint density at radius 2 is 1.90 bits per heavy atom. The van der Waals surface area contributed by atoms with Gasteiger partial charge in [0.25, 0.3) is 0 Å². The third-order valence-electron chi connectivity index (χ3n) is 5.91. The Kier molecular flexibility index (Phi) is 3.82. The zero-order valence-corrected chi connectivity index (χ0v) is 16.1. The Morgan fingerprint density at radius 3 is 2.62 bits per heavy atom. The zero-order valence-electron chi connectivity index (χ0n) is 16.1. The van der Waals surface area contributed by atoms with Crippen LogP contribution in [0.25, 0.3) is 16.6 Å². The first-order chi connectivity index (χ1) is 14.2. The van der Waals surface area contributed by atoms with Crippen molar-refractivity contribution in [3.05, 3.63) is 59.9 Å². The maximum Gasteiger partial charge on any atom is 0.129 e. The van der Waals surface area contributed by atoms with Crippen LogP contribution in [0.4, 0.5) is 0 Å². The van der Waals surface area contributed by atoms with Gasteiger partial charge in [0.05, 0.1) is 37.3 Å². The van der Waals surface area contributed by atoms with Gasteiger partial charge in [-0.25, -0.2) is 4.98 Å². The Bertz CT molecular complexity index is 1120. The summed E-state index contributed by atoms with van der Waals surface area (Å²) in [5, 5.41) is 0. The molecule has 3 aromatic rings. The number of likely N-dealkylation sites (tertiary alicyclic amines) is 1. The van der Waals surface area contributed by atoms with Crippen molar-refractivity contribution in [3.63, 3.8) is 0 Å². The highest BCUT2D eigenvalue weighted by Gasteiger charge is 2.48. The van der Waals surface area contributed by atoms with E-state index in [1.54, 1.807) is 0 Å². The maximum absolute atomic E-state index is 6.05. The molecule has 1 spiro atoms. The lowest BCUT2D eigenvalue weighted by molar-refractivity contribution is -0.191. The van der Waals surface area contributed by atoms with E-state index in [0.717, 1.165) is 67.7 Å². The largest absolute Gasteiger partial charge is 0.457 e. The standard InChI is InChI=1S/C23H22N4O2/c1-3-18(4-2-16(1)17-7-8-24-10-17)29-19-5-6-20-21(9-19)26-22(25-20)11-27-12-23(13-27)14-28-15-23/h1-9H,10-15H2,(H,25,26). The van der Waals surface area contributed by atoms with Gasteiger partial charge in [-0.05, 0) is 41.5 Å². The van der Waals surface area contributed by atoms with E-state index in [0.29, 0.717) is 5.41 Å². The van der Waals surface area contributed by atoms with Gasteiger partial charge in [-0.1, -0.05) is 12.1 Å². The van der Waals surface area contributed by atoms with Crippen LogP contribution in [0.3, 0.4) is 0 Å². The highest BCUT2D eigenvalue weighted by molar-refractivity contribution is 5.89. The van der Waals surface area contributed by atoms with Crippen LogP contribution in [-0.4, -0.2) is 53.9 Å². The van der Waals surface area contributed by atoms with Crippen LogP contribution in [0.5, 0.6) is 11.5 Å². The number of hydrogen-bond acceptors (Lipinski definition) is 5. The molecule has 29 heavy (non-hydrogen) atoms. The molecule has 0 amide bonds. The molecule has 6 heteroatoms. The van der Waals surface area contributed by atoms with Crippen LogP contribution >= 0.6 is 0 Å². The van der Waals surface area contributed by atoms with Crippen molar-refractivity contribution in [2.45, 2.75) is 6.54 Å². The van der Waals surface area contributed by atoms with Crippen LogP contribution in [-0.2, 0) is 11.3 Å². The lowest BCUT2D eigenvalue weighted by atomic mass is 9.78. The van der Waals surface area contributed by atoms with Crippen molar-refractivity contribution in [1.29, 1.82) is 0 Å². The summed E-state index contributed by atoms with van der Waals surface area (Å²) in [5.74, 6) is 2.63. The number of ether oxygens (including phenoxy) is 2. The SMILES string of the molecule is C1=NCC(c2ccc(Oc3ccc4nc(CN5CC6(COC6)C5)[nH]c4c3)cc2)=C1. The van der Waals surface area contributed by atoms with E-state index in [4.69, 9.17) is 14.5 Å². The minimum atomic E-state index is 0.434. The van der Waals surface area contributed by atoms with Crippen molar-refractivity contribution < 1.29 is 9.47 Å². The minimum Gasteiger partial charge on any atom is -0.457 e. The number of aromatic nitrogens is 2. The van der Waals surface area contributed by atoms with E-state index >= 15 is 0 Å². The van der Waals surface area contributed by atoms with E-state index < -0.39 is 0 Å². The third-order valence-corrected chi connectivity index (χ3v) is 5.91. The van der Waals surface area contributed by atoms with Crippen molar-refractivity contribution in [1.82, 2.24) is 14.9 Å². The Hall–Kier alpha value is -2.96. The average molecular weight is 386 g/mol. The second kappa shape index (κ2) is 6.54. The topological polar surface area (TPSA) is 62.7 Å². The molecule has 2 saturated heterocycles. The van der Waals surface area contributed by atoms with E-state index in [2.05, 4.69) is 33.1 Å². The summed E-state index contributed by atoms with van der Waals surface area (Å²) in [6, 6.07) is 14.2. The highest BCUT2D eigenvalue weighted by Crippen LogP contribution is 2.38. The number of allylic oxidation sites excluding steroid dienone is 1. The van der Waals surface area contributed by atoms with Crippen LogP contribution in [0.15, 0.2) is 53.5 Å². The number of nitrogens with one attached hydrogen (secondary N) is 1. The number of benzene rings is 2. The molecule has 0 radical (unpaired) electrons. The zero-order chi connectivity index (χ0) is 19.3. The summed E-state index contributed by atoms with van der Waals surface area (Å²) in [6.07, 6.45) is 3.91. The predicted molar refractivity (Wildman–Crippen MR) is 112 cm³/mol. The molecule has 0 atom stereocenters. The molecule has 0 bridgehead atoms. The van der Waals surface area contributed by atoms with Crippen molar-refractivity contribution in [2.24, 2.45) is 10.4 Å². The van der Waals surface area contributed by atoms with Gasteiger partial charge in [-0.15, -0.1) is 0 Å². The fourth-order valence-corrected chi connectivity index (χ4v) is 4.39. The molecule has 0 unspecified atom stereocenters. The van der Waals surface area contributed by atoms with Gasteiger partial charge in [0.2, 0.25) is 0 Å². The molecule has 1 aromatic heterocycles. The Morgan fingerprint density at radius 1 is 1.07 bits per heavy atom. The number of H-pyrrole nitrogens is 1. The van der Waals surface area contributed by atoms with Gasteiger partial charge in [-0.2, -0.15) is 0 Å². The van der Waals surface area contributed by atoms with E-state index in [1.165, 1.54) is 11.1 Å². The number of fused-ring (bicyclic) bond motifs is 1. The van der Waals surface area contributed by atoms with Crippen molar-refractivity contribution in [2.75, 3.05) is 32.8 Å². The lowest BCUT2D eigenvalue weighted by Crippen LogP contribution is -2.65. The second-order valence-electron chi connectivity index (χ2n) is 8.31. The van der Waals surface area contributed by atoms with Gasteiger partial charge in [0.15, 0.2) is 0 Å². The minimum absolute atomic E-state index is 0.434. The molecular weight excluding hydrogens is 364 g/mol. The van der Waals surface area contributed by atoms with Gasteiger partial charge < -0.3 is 14.5 Å². The molecule has 3 aliphatic heterocycles. The number of imidazole rings is 1. The second-order valence-corrected chi connectivity index (χ2v) is 8.31. The van der Waals surface area contributed by atoms with Crippen LogP contribution in [0.1, 0.15) is 11.4 Å². The monoisotopic (exact) mass is 386 g/mol. The first kappa shape index (κ1) is 16.9. The Labute approximate surface area is 168 Å². The number of rotatable bonds is 5. The lowest BCUT2D eigenvalue weighted by Gasteiger charge is -2.54. The normalized spacial score (nSPS) is 19.9. The number of aliphatic imine (C=N–C) groups is 1. The molecule has 1 N–H and O–H groups in total. The van der Waals surface area contributed by atoms with Gasteiger partial charge in [0.1, 0.15) is 17.3 Å². The van der Waals surface area contributed by atoms with Crippen molar-refractivity contribution >= 4 is 22.8 Å². The molecule has 146 valence electrons. The molecule has 4 heterocycles.